The molecule has 1 heterocycles. The number of nitrogens with one attached hydrogen (secondary N) is 3. The van der Waals surface area contributed by atoms with Gasteiger partial charge in [0.2, 0.25) is 5.95 Å². The number of fused-ring (bicyclic) bond motifs is 1. The smallest absolute Gasteiger partial charge is 0.272 e. The number of carbonyl (C=O) groups is 1. The molecule has 37 heavy (non-hydrogen) atoms. The maximum absolute atomic E-state index is 12.8. The summed E-state index contributed by atoms with van der Waals surface area (Å²) in [6.45, 7) is 7.29. The van der Waals surface area contributed by atoms with Gasteiger partial charge in [-0.25, -0.2) is 13.8 Å². The molecule has 0 aliphatic rings. The van der Waals surface area contributed by atoms with Crippen LogP contribution in [0.3, 0.4) is 0 Å². The first-order chi connectivity index (χ1) is 17.3. The molecule has 0 radical (unpaired) electrons. The van der Waals surface area contributed by atoms with Crippen LogP contribution in [-0.4, -0.2) is 46.4 Å². The van der Waals surface area contributed by atoms with Crippen molar-refractivity contribution in [3.63, 3.8) is 0 Å². The third-order valence-electron chi connectivity index (χ3n) is 5.64. The third kappa shape index (κ3) is 6.81. The number of anilines is 2. The van der Waals surface area contributed by atoms with Gasteiger partial charge in [-0.1, -0.05) is 50.0 Å². The number of ether oxygens (including phenoxy) is 1. The molecule has 1 atom stereocenters. The van der Waals surface area contributed by atoms with Crippen molar-refractivity contribution in [3.8, 4) is 5.75 Å². The van der Waals surface area contributed by atoms with E-state index in [4.69, 9.17) is 27.9 Å². The quantitative estimate of drug-likeness (QED) is 0.246. The summed E-state index contributed by atoms with van der Waals surface area (Å²) in [6, 6.07) is 6.43. The molecule has 0 spiro atoms. The van der Waals surface area contributed by atoms with Crippen molar-refractivity contribution in [2.75, 3.05) is 18.5 Å². The average Bonchev–Trinajstić information content (AvgIpc) is 3.12. The fraction of sp³-hybridized carbons (Fsp3) is 0.440. The second-order valence-corrected chi connectivity index (χ2v) is 10.3. The summed E-state index contributed by atoms with van der Waals surface area (Å²) in [4.78, 5) is 17.1. The van der Waals surface area contributed by atoms with Crippen LogP contribution in [0.2, 0.25) is 10.0 Å². The van der Waals surface area contributed by atoms with E-state index in [2.05, 4.69) is 20.9 Å². The van der Waals surface area contributed by atoms with Crippen molar-refractivity contribution >= 4 is 51.8 Å². The molecule has 0 saturated heterocycles. The predicted molar refractivity (Wildman–Crippen MR) is 142 cm³/mol. The summed E-state index contributed by atoms with van der Waals surface area (Å²) in [7, 11) is 1.72. The summed E-state index contributed by atoms with van der Waals surface area (Å²) in [5.74, 6) is -0.0844. The molecule has 0 bridgehead atoms. The second kappa shape index (κ2) is 11.8. The minimum atomic E-state index is -2.70. The number of aliphatic hydroxyl groups is 1. The predicted octanol–water partition coefficient (Wildman–Crippen LogP) is 5.47. The van der Waals surface area contributed by atoms with E-state index >= 15 is 0 Å². The molecule has 0 saturated carbocycles. The van der Waals surface area contributed by atoms with E-state index in [0.717, 1.165) is 0 Å². The number of aliphatic hydroxyl groups excluding tert-OH is 1. The molecular formula is C25H31Cl2F2N5O3. The van der Waals surface area contributed by atoms with Gasteiger partial charge in [-0.2, -0.15) is 0 Å². The fourth-order valence-corrected chi connectivity index (χ4v) is 4.04. The van der Waals surface area contributed by atoms with Gasteiger partial charge < -0.3 is 25.0 Å². The van der Waals surface area contributed by atoms with Crippen LogP contribution in [0.15, 0.2) is 24.3 Å². The van der Waals surface area contributed by atoms with Crippen LogP contribution in [0, 0.1) is 5.41 Å². The topological polar surface area (TPSA) is 100 Å². The maximum Gasteiger partial charge on any atom is 0.272 e. The Morgan fingerprint density at radius 3 is 2.57 bits per heavy atom. The van der Waals surface area contributed by atoms with Gasteiger partial charge in [-0.3, -0.25) is 10.1 Å². The Morgan fingerprint density at radius 2 is 1.95 bits per heavy atom. The first-order valence-electron chi connectivity index (χ1n) is 11.7. The molecule has 8 nitrogen and oxygen atoms in total. The second-order valence-electron chi connectivity index (χ2n) is 9.56. The third-order valence-corrected chi connectivity index (χ3v) is 6.39. The van der Waals surface area contributed by atoms with Crippen molar-refractivity contribution in [1.82, 2.24) is 20.2 Å². The molecule has 3 aromatic rings. The number of imidazole rings is 1. The lowest BCUT2D eigenvalue weighted by Crippen LogP contribution is -2.39. The molecule has 1 unspecified atom stereocenters. The van der Waals surface area contributed by atoms with E-state index in [9.17, 15) is 18.7 Å². The van der Waals surface area contributed by atoms with Crippen LogP contribution < -0.4 is 20.7 Å². The number of hydrogen-bond acceptors (Lipinski definition) is 6. The van der Waals surface area contributed by atoms with Crippen LogP contribution in [0.25, 0.3) is 11.0 Å². The Morgan fingerprint density at radius 1 is 1.24 bits per heavy atom. The number of carbonyl (C=O) groups excluding carboxylic acids is 1. The van der Waals surface area contributed by atoms with Crippen molar-refractivity contribution in [3.05, 3.63) is 45.4 Å². The highest BCUT2D eigenvalue weighted by molar-refractivity contribution is 6.39. The Labute approximate surface area is 224 Å². The number of amides is 1. The molecule has 1 amide bonds. The molecule has 4 N–H and O–H groups in total. The fourth-order valence-electron chi connectivity index (χ4n) is 3.51. The number of nitrogens with zero attached hydrogens (tertiary/aromatic N) is 2. The van der Waals surface area contributed by atoms with Crippen molar-refractivity contribution < 1.29 is 23.4 Å². The normalized spacial score (nSPS) is 12.7. The van der Waals surface area contributed by atoms with Crippen LogP contribution in [0.1, 0.15) is 43.6 Å². The van der Waals surface area contributed by atoms with Gasteiger partial charge in [0.1, 0.15) is 18.6 Å². The van der Waals surface area contributed by atoms with E-state index < -0.39 is 25.2 Å². The molecule has 202 valence electrons. The largest absolute Gasteiger partial charge is 0.487 e. The molecule has 0 aliphatic heterocycles. The van der Waals surface area contributed by atoms with Crippen molar-refractivity contribution in [2.24, 2.45) is 12.5 Å². The van der Waals surface area contributed by atoms with Gasteiger partial charge in [0.15, 0.2) is 0 Å². The summed E-state index contributed by atoms with van der Waals surface area (Å²) in [5, 5.41) is 19.8. The number of halogens is 4. The highest BCUT2D eigenvalue weighted by atomic mass is 35.5. The number of aryl methyl sites for hydroxylation is 1. The zero-order valence-corrected chi connectivity index (χ0v) is 22.8. The minimum Gasteiger partial charge on any atom is -0.487 e. The monoisotopic (exact) mass is 557 g/mol. The van der Waals surface area contributed by atoms with E-state index in [1.807, 2.05) is 20.8 Å². The Hall–Kier alpha value is -2.66. The number of aromatic nitrogens is 2. The summed E-state index contributed by atoms with van der Waals surface area (Å²) < 4.78 is 32.5. The van der Waals surface area contributed by atoms with E-state index in [-0.39, 0.29) is 16.7 Å². The van der Waals surface area contributed by atoms with Gasteiger partial charge in [-0.15, -0.1) is 0 Å². The SMILES string of the molecule is CCNC(=O)c1cc2nc(Nc3c(Cl)ccc(CNC(O)C(C)(C)C)c3Cl)n(C)c2cc1OCC(F)F. The van der Waals surface area contributed by atoms with Gasteiger partial charge >= 0.3 is 0 Å². The van der Waals surface area contributed by atoms with Crippen molar-refractivity contribution in [1.29, 1.82) is 0 Å². The summed E-state index contributed by atoms with van der Waals surface area (Å²) in [5.41, 5.74) is 1.83. The molecule has 12 heteroatoms. The van der Waals surface area contributed by atoms with Gasteiger partial charge in [-0.05, 0) is 24.6 Å². The highest BCUT2D eigenvalue weighted by Crippen LogP contribution is 2.37. The standard InChI is InChI=1S/C25H31Cl2F2N5O3/c1-6-30-22(35)14-9-16-17(10-18(14)37-12-19(28)29)34(5)24(32-16)33-21-15(26)8-7-13(20(21)27)11-31-23(36)25(2,3)4/h7-10,19,23,31,36H,6,11-12H2,1-5H3,(H,30,35)(H,32,33). The molecule has 0 aliphatic carbocycles. The number of benzene rings is 2. The van der Waals surface area contributed by atoms with Crippen LogP contribution in [0.5, 0.6) is 5.75 Å². The van der Waals surface area contributed by atoms with Crippen LogP contribution >= 0.6 is 23.2 Å². The van der Waals surface area contributed by atoms with Crippen LogP contribution in [-0.2, 0) is 13.6 Å². The van der Waals surface area contributed by atoms with E-state index in [1.54, 1.807) is 30.7 Å². The van der Waals surface area contributed by atoms with Gasteiger partial charge in [0, 0.05) is 31.6 Å². The first-order valence-corrected chi connectivity index (χ1v) is 12.4. The highest BCUT2D eigenvalue weighted by Gasteiger charge is 2.23. The number of rotatable bonds is 10. The number of alkyl halides is 2. The van der Waals surface area contributed by atoms with E-state index in [0.29, 0.717) is 51.4 Å². The minimum absolute atomic E-state index is 0.0230. The molecule has 2 aromatic carbocycles. The summed E-state index contributed by atoms with van der Waals surface area (Å²) in [6.07, 6.45) is -3.45. The molecule has 3 rings (SSSR count). The molecule has 1 aromatic heterocycles. The lowest BCUT2D eigenvalue weighted by Gasteiger charge is -2.27. The summed E-state index contributed by atoms with van der Waals surface area (Å²) >= 11 is 13.1. The molecular weight excluding hydrogens is 527 g/mol. The number of hydrogen-bond donors (Lipinski definition) is 4. The van der Waals surface area contributed by atoms with Gasteiger partial charge in [0.05, 0.1) is 32.3 Å². The van der Waals surface area contributed by atoms with Crippen LogP contribution in [0.4, 0.5) is 20.4 Å². The zero-order valence-electron chi connectivity index (χ0n) is 21.3. The van der Waals surface area contributed by atoms with Crippen molar-refractivity contribution in [2.45, 2.75) is 46.9 Å². The van der Waals surface area contributed by atoms with Gasteiger partial charge in [0.25, 0.3) is 12.3 Å². The van der Waals surface area contributed by atoms with E-state index in [1.165, 1.54) is 12.1 Å². The average molecular weight is 558 g/mol. The zero-order chi connectivity index (χ0) is 27.5. The molecule has 0 fully saturated rings. The maximum atomic E-state index is 12.8. The first kappa shape index (κ1) is 28.9. The Bertz CT molecular complexity index is 1280. The lowest BCUT2D eigenvalue weighted by molar-refractivity contribution is 0.0317. The lowest BCUT2D eigenvalue weighted by atomic mass is 9.94. The Balaban J connectivity index is 1.97. The Kier molecular flexibility index (Phi) is 9.22.